The Bertz CT molecular complexity index is 480. The van der Waals surface area contributed by atoms with Gasteiger partial charge in [-0.05, 0) is 36.2 Å². The van der Waals surface area contributed by atoms with Gasteiger partial charge in [0.25, 0.3) is 0 Å². The van der Waals surface area contributed by atoms with Crippen molar-refractivity contribution in [2.24, 2.45) is 10.2 Å². The summed E-state index contributed by atoms with van der Waals surface area (Å²) < 4.78 is 12.6. The summed E-state index contributed by atoms with van der Waals surface area (Å²) in [4.78, 5) is 3.89. The molecule has 0 unspecified atom stereocenters. The molecule has 1 aromatic carbocycles. The van der Waals surface area contributed by atoms with E-state index in [1.54, 1.807) is 36.7 Å². The summed E-state index contributed by atoms with van der Waals surface area (Å²) in [5.41, 5.74) is 1.85. The van der Waals surface area contributed by atoms with Crippen LogP contribution in [0.5, 0.6) is 0 Å². The Kier molecular flexibility index (Phi) is 3.91. The minimum absolute atomic E-state index is 0.216. The van der Waals surface area contributed by atoms with Crippen molar-refractivity contribution in [1.29, 1.82) is 0 Å². The van der Waals surface area contributed by atoms with Crippen LogP contribution >= 0.6 is 0 Å². The zero-order valence-electron chi connectivity index (χ0n) is 9.25. The van der Waals surface area contributed by atoms with Crippen LogP contribution in [0.2, 0.25) is 0 Å². The molecule has 0 bridgehead atoms. The summed E-state index contributed by atoms with van der Waals surface area (Å²) in [5, 5.41) is 8.11. The molecule has 2 rings (SSSR count). The molecule has 0 N–H and O–H groups in total. The lowest BCUT2D eigenvalue weighted by Gasteiger charge is -1.96. The van der Waals surface area contributed by atoms with E-state index >= 15 is 0 Å². The fourth-order valence-corrected chi connectivity index (χ4v) is 1.37. The van der Waals surface area contributed by atoms with Crippen molar-refractivity contribution in [1.82, 2.24) is 4.98 Å². The van der Waals surface area contributed by atoms with Crippen LogP contribution in [-0.4, -0.2) is 11.5 Å². The maximum atomic E-state index is 12.6. The van der Waals surface area contributed by atoms with Gasteiger partial charge in [0.05, 0.1) is 12.2 Å². The summed E-state index contributed by atoms with van der Waals surface area (Å²) in [6.07, 6.45) is 4.11. The van der Waals surface area contributed by atoms with E-state index in [1.807, 2.05) is 0 Å². The second kappa shape index (κ2) is 5.84. The first kappa shape index (κ1) is 11.4. The predicted octanol–water partition coefficient (Wildman–Crippen LogP) is 3.55. The fourth-order valence-electron chi connectivity index (χ4n) is 1.37. The zero-order valence-corrected chi connectivity index (χ0v) is 9.25. The highest BCUT2D eigenvalue weighted by Gasteiger charge is 1.93. The van der Waals surface area contributed by atoms with Gasteiger partial charge in [0.2, 0.25) is 0 Å². The standard InChI is InChI=1S/C13H12FN3/c14-12-3-1-11(2-4-12)5-10-16-17-13-6-8-15-9-7-13/h1-4,6-9H,5,10H2. The molecule has 0 aliphatic carbocycles. The maximum Gasteiger partial charge on any atom is 0.123 e. The van der Waals surface area contributed by atoms with Gasteiger partial charge in [-0.15, -0.1) is 0 Å². The summed E-state index contributed by atoms with van der Waals surface area (Å²) in [6.45, 7) is 0.591. The van der Waals surface area contributed by atoms with Crippen LogP contribution in [0.15, 0.2) is 59.0 Å². The number of hydrogen-bond donors (Lipinski definition) is 0. The van der Waals surface area contributed by atoms with Gasteiger partial charge >= 0.3 is 0 Å². The molecule has 2 aromatic rings. The third-order valence-corrected chi connectivity index (χ3v) is 2.26. The van der Waals surface area contributed by atoms with E-state index in [9.17, 15) is 4.39 Å². The van der Waals surface area contributed by atoms with Gasteiger partial charge in [-0.2, -0.15) is 10.2 Å². The average molecular weight is 229 g/mol. The van der Waals surface area contributed by atoms with Crippen molar-refractivity contribution in [3.63, 3.8) is 0 Å². The smallest absolute Gasteiger partial charge is 0.123 e. The van der Waals surface area contributed by atoms with Gasteiger partial charge < -0.3 is 0 Å². The van der Waals surface area contributed by atoms with Crippen LogP contribution in [0.25, 0.3) is 0 Å². The van der Waals surface area contributed by atoms with E-state index in [-0.39, 0.29) is 5.82 Å². The second-order valence-corrected chi connectivity index (χ2v) is 3.55. The number of hydrogen-bond acceptors (Lipinski definition) is 3. The van der Waals surface area contributed by atoms with Crippen LogP contribution in [0.4, 0.5) is 10.1 Å². The molecule has 1 aromatic heterocycles. The van der Waals surface area contributed by atoms with Crippen LogP contribution in [0.1, 0.15) is 5.56 Å². The third kappa shape index (κ3) is 3.75. The lowest BCUT2D eigenvalue weighted by atomic mass is 10.1. The molecule has 3 nitrogen and oxygen atoms in total. The average Bonchev–Trinajstić information content (AvgIpc) is 2.38. The number of halogens is 1. The summed E-state index contributed by atoms with van der Waals surface area (Å²) in [5.74, 6) is -0.216. The molecule has 4 heteroatoms. The number of nitrogens with zero attached hydrogens (tertiary/aromatic N) is 3. The minimum Gasteiger partial charge on any atom is -0.265 e. The fraction of sp³-hybridized carbons (Fsp3) is 0.154. The highest BCUT2D eigenvalue weighted by atomic mass is 19.1. The van der Waals surface area contributed by atoms with E-state index in [2.05, 4.69) is 15.2 Å². The monoisotopic (exact) mass is 229 g/mol. The topological polar surface area (TPSA) is 37.6 Å². The lowest BCUT2D eigenvalue weighted by molar-refractivity contribution is 0.627. The molecule has 17 heavy (non-hydrogen) atoms. The SMILES string of the molecule is Fc1ccc(CCN=Nc2ccncc2)cc1. The van der Waals surface area contributed by atoms with Crippen molar-refractivity contribution < 1.29 is 4.39 Å². The Hall–Kier alpha value is -2.10. The first-order valence-electron chi connectivity index (χ1n) is 5.36. The lowest BCUT2D eigenvalue weighted by Crippen LogP contribution is -1.88. The Labute approximate surface area is 99.1 Å². The molecule has 0 radical (unpaired) electrons. The molecule has 0 spiro atoms. The normalized spacial score (nSPS) is 10.9. The molecule has 1 heterocycles. The molecule has 0 amide bonds. The Morgan fingerprint density at radius 3 is 2.41 bits per heavy atom. The molecule has 0 saturated carbocycles. The van der Waals surface area contributed by atoms with Crippen molar-refractivity contribution in [2.75, 3.05) is 6.54 Å². The number of aromatic nitrogens is 1. The van der Waals surface area contributed by atoms with Crippen LogP contribution in [0, 0.1) is 5.82 Å². The molecule has 0 fully saturated rings. The largest absolute Gasteiger partial charge is 0.265 e. The molecule has 0 saturated heterocycles. The number of azo groups is 1. The van der Waals surface area contributed by atoms with E-state index in [1.165, 1.54) is 12.1 Å². The van der Waals surface area contributed by atoms with E-state index in [0.29, 0.717) is 6.54 Å². The molecular weight excluding hydrogens is 217 g/mol. The van der Waals surface area contributed by atoms with Gasteiger partial charge in [0.1, 0.15) is 5.82 Å². The Morgan fingerprint density at radius 1 is 1.00 bits per heavy atom. The summed E-state index contributed by atoms with van der Waals surface area (Å²) >= 11 is 0. The number of rotatable bonds is 4. The quantitative estimate of drug-likeness (QED) is 0.739. The maximum absolute atomic E-state index is 12.6. The molecule has 0 atom stereocenters. The molecule has 86 valence electrons. The minimum atomic E-state index is -0.216. The van der Waals surface area contributed by atoms with Gasteiger partial charge in [0.15, 0.2) is 0 Å². The van der Waals surface area contributed by atoms with E-state index in [4.69, 9.17) is 0 Å². The van der Waals surface area contributed by atoms with Crippen LogP contribution in [-0.2, 0) is 6.42 Å². The van der Waals surface area contributed by atoms with Crippen molar-refractivity contribution in [3.05, 3.63) is 60.2 Å². The Morgan fingerprint density at radius 2 is 1.71 bits per heavy atom. The first-order valence-corrected chi connectivity index (χ1v) is 5.36. The summed E-state index contributed by atoms with van der Waals surface area (Å²) in [7, 11) is 0. The highest BCUT2D eigenvalue weighted by molar-refractivity contribution is 5.32. The van der Waals surface area contributed by atoms with Crippen molar-refractivity contribution in [2.45, 2.75) is 6.42 Å². The molecule has 0 aliphatic rings. The third-order valence-electron chi connectivity index (χ3n) is 2.26. The van der Waals surface area contributed by atoms with Crippen LogP contribution < -0.4 is 0 Å². The van der Waals surface area contributed by atoms with Gasteiger partial charge in [-0.3, -0.25) is 4.98 Å². The number of pyridine rings is 1. The highest BCUT2D eigenvalue weighted by Crippen LogP contribution is 2.09. The van der Waals surface area contributed by atoms with Gasteiger partial charge in [0, 0.05) is 12.4 Å². The zero-order chi connectivity index (χ0) is 11.9. The second-order valence-electron chi connectivity index (χ2n) is 3.55. The van der Waals surface area contributed by atoms with Gasteiger partial charge in [-0.25, -0.2) is 4.39 Å². The first-order chi connectivity index (χ1) is 8.34. The number of benzene rings is 1. The van der Waals surface area contributed by atoms with Crippen LogP contribution in [0.3, 0.4) is 0 Å². The van der Waals surface area contributed by atoms with Crippen molar-refractivity contribution >= 4 is 5.69 Å². The van der Waals surface area contributed by atoms with E-state index in [0.717, 1.165) is 17.7 Å². The Balaban J connectivity index is 1.84. The van der Waals surface area contributed by atoms with Crippen molar-refractivity contribution in [3.8, 4) is 0 Å². The predicted molar refractivity (Wildman–Crippen MR) is 63.7 cm³/mol. The van der Waals surface area contributed by atoms with Gasteiger partial charge in [-0.1, -0.05) is 12.1 Å². The van der Waals surface area contributed by atoms with E-state index < -0.39 is 0 Å². The molecule has 0 aliphatic heterocycles. The molecular formula is C13H12FN3. The summed E-state index contributed by atoms with van der Waals surface area (Å²) in [6, 6.07) is 10.0.